The van der Waals surface area contributed by atoms with Crippen LogP contribution in [0, 0.1) is 26.7 Å². The summed E-state index contributed by atoms with van der Waals surface area (Å²) in [7, 11) is 0. The van der Waals surface area contributed by atoms with Crippen LogP contribution in [0.15, 0.2) is 36.5 Å². The van der Waals surface area contributed by atoms with Gasteiger partial charge < -0.3 is 10.2 Å². The van der Waals surface area contributed by atoms with Crippen molar-refractivity contribution in [2.24, 2.45) is 5.92 Å². The minimum atomic E-state index is -0.362. The van der Waals surface area contributed by atoms with Gasteiger partial charge in [0.1, 0.15) is 5.82 Å². The van der Waals surface area contributed by atoms with Crippen LogP contribution in [0.25, 0.3) is 0 Å². The van der Waals surface area contributed by atoms with Crippen LogP contribution in [0.2, 0.25) is 0 Å². The molecular formula is C19H21N3O2. The molecule has 1 saturated heterocycles. The van der Waals surface area contributed by atoms with Gasteiger partial charge in [0.25, 0.3) is 0 Å². The number of rotatable bonds is 3. The van der Waals surface area contributed by atoms with E-state index in [1.54, 1.807) is 11.1 Å². The largest absolute Gasteiger partial charge is 0.311 e. The highest BCUT2D eigenvalue weighted by atomic mass is 16.2. The standard InChI is InChI=1S/C19H21N3O2/c1-12-6-4-8-16(14(12)3)22-11-15(10-17(22)23)19(24)21-18-13(2)7-5-9-20-18/h4-9,15H,10-11H2,1-3H3,(H,20,21,24)/t15-/m0/s1. The van der Waals surface area contributed by atoms with E-state index in [0.717, 1.165) is 22.4 Å². The fourth-order valence-electron chi connectivity index (χ4n) is 2.98. The molecular weight excluding hydrogens is 302 g/mol. The lowest BCUT2D eigenvalue weighted by molar-refractivity contribution is -0.122. The SMILES string of the molecule is Cc1cccnc1NC(=O)[C@H]1CC(=O)N(c2cccc(C)c2C)C1. The first-order chi connectivity index (χ1) is 11.5. The predicted molar refractivity (Wildman–Crippen MR) is 94.0 cm³/mol. The van der Waals surface area contributed by atoms with Crippen molar-refractivity contribution < 1.29 is 9.59 Å². The lowest BCUT2D eigenvalue weighted by Crippen LogP contribution is -2.29. The molecule has 2 aromatic rings. The molecule has 5 heteroatoms. The summed E-state index contributed by atoms with van der Waals surface area (Å²) in [6, 6.07) is 9.61. The van der Waals surface area contributed by atoms with Gasteiger partial charge in [-0.3, -0.25) is 9.59 Å². The van der Waals surface area contributed by atoms with Gasteiger partial charge in [0.05, 0.1) is 5.92 Å². The molecule has 0 radical (unpaired) electrons. The highest BCUT2D eigenvalue weighted by Gasteiger charge is 2.36. The van der Waals surface area contributed by atoms with Crippen molar-refractivity contribution in [3.8, 4) is 0 Å². The zero-order valence-electron chi connectivity index (χ0n) is 14.2. The van der Waals surface area contributed by atoms with Crippen LogP contribution in [0.5, 0.6) is 0 Å². The summed E-state index contributed by atoms with van der Waals surface area (Å²) in [6.45, 7) is 6.32. The van der Waals surface area contributed by atoms with Gasteiger partial charge in [0.2, 0.25) is 11.8 Å². The molecule has 1 fully saturated rings. The number of nitrogens with zero attached hydrogens (tertiary/aromatic N) is 2. The van der Waals surface area contributed by atoms with Crippen molar-refractivity contribution >= 4 is 23.3 Å². The summed E-state index contributed by atoms with van der Waals surface area (Å²) < 4.78 is 0. The Labute approximate surface area is 141 Å². The monoisotopic (exact) mass is 323 g/mol. The number of hydrogen-bond acceptors (Lipinski definition) is 3. The molecule has 1 aliphatic rings. The number of amides is 2. The Morgan fingerprint density at radius 3 is 2.67 bits per heavy atom. The second-order valence-electron chi connectivity index (χ2n) is 6.28. The van der Waals surface area contributed by atoms with Crippen LogP contribution in [-0.4, -0.2) is 23.3 Å². The van der Waals surface area contributed by atoms with E-state index in [4.69, 9.17) is 0 Å². The normalized spacial score (nSPS) is 17.2. The lowest BCUT2D eigenvalue weighted by Gasteiger charge is -2.20. The van der Waals surface area contributed by atoms with Crippen molar-refractivity contribution in [3.05, 3.63) is 53.2 Å². The highest BCUT2D eigenvalue weighted by molar-refractivity contribution is 6.03. The molecule has 5 nitrogen and oxygen atoms in total. The number of hydrogen-bond donors (Lipinski definition) is 1. The highest BCUT2D eigenvalue weighted by Crippen LogP contribution is 2.30. The zero-order valence-corrected chi connectivity index (χ0v) is 14.2. The molecule has 2 amide bonds. The number of aryl methyl sites for hydroxylation is 2. The van der Waals surface area contributed by atoms with Gasteiger partial charge >= 0.3 is 0 Å². The second-order valence-corrected chi connectivity index (χ2v) is 6.28. The molecule has 0 aliphatic carbocycles. The van der Waals surface area contributed by atoms with E-state index in [1.807, 2.05) is 51.1 Å². The second kappa shape index (κ2) is 6.43. The molecule has 24 heavy (non-hydrogen) atoms. The Morgan fingerprint density at radius 2 is 1.92 bits per heavy atom. The quantitative estimate of drug-likeness (QED) is 0.944. The van der Waals surface area contributed by atoms with Crippen LogP contribution in [0.3, 0.4) is 0 Å². The van der Waals surface area contributed by atoms with Crippen LogP contribution < -0.4 is 10.2 Å². The molecule has 1 N–H and O–H groups in total. The molecule has 0 bridgehead atoms. The van der Waals surface area contributed by atoms with Crippen LogP contribution >= 0.6 is 0 Å². The summed E-state index contributed by atoms with van der Waals surface area (Å²) in [5.41, 5.74) is 4.01. The smallest absolute Gasteiger partial charge is 0.230 e. The lowest BCUT2D eigenvalue weighted by atomic mass is 10.1. The Hall–Kier alpha value is -2.69. The van der Waals surface area contributed by atoms with E-state index in [9.17, 15) is 9.59 Å². The summed E-state index contributed by atoms with van der Waals surface area (Å²) in [5.74, 6) is 0.0264. The van der Waals surface area contributed by atoms with Crippen molar-refractivity contribution in [1.82, 2.24) is 4.98 Å². The van der Waals surface area contributed by atoms with Gasteiger partial charge in [-0.15, -0.1) is 0 Å². The summed E-state index contributed by atoms with van der Waals surface area (Å²) >= 11 is 0. The van der Waals surface area contributed by atoms with Gasteiger partial charge in [0, 0.05) is 24.8 Å². The molecule has 1 aromatic heterocycles. The maximum absolute atomic E-state index is 12.5. The van der Waals surface area contributed by atoms with Gasteiger partial charge in [-0.25, -0.2) is 4.98 Å². The maximum atomic E-state index is 12.5. The first-order valence-corrected chi connectivity index (χ1v) is 8.06. The van der Waals surface area contributed by atoms with Crippen molar-refractivity contribution in [1.29, 1.82) is 0 Å². The third-order valence-electron chi connectivity index (χ3n) is 4.61. The molecule has 0 spiro atoms. The first-order valence-electron chi connectivity index (χ1n) is 8.06. The molecule has 0 unspecified atom stereocenters. The zero-order chi connectivity index (χ0) is 17.3. The third kappa shape index (κ3) is 3.02. The van der Waals surface area contributed by atoms with E-state index in [0.29, 0.717) is 12.4 Å². The van der Waals surface area contributed by atoms with Crippen molar-refractivity contribution in [2.45, 2.75) is 27.2 Å². The van der Waals surface area contributed by atoms with E-state index in [2.05, 4.69) is 10.3 Å². The van der Waals surface area contributed by atoms with E-state index < -0.39 is 0 Å². The molecule has 3 rings (SSSR count). The maximum Gasteiger partial charge on any atom is 0.230 e. The van der Waals surface area contributed by atoms with E-state index in [1.165, 1.54) is 0 Å². The number of nitrogens with one attached hydrogen (secondary N) is 1. The van der Waals surface area contributed by atoms with Crippen molar-refractivity contribution in [2.75, 3.05) is 16.8 Å². The molecule has 2 heterocycles. The first kappa shape index (κ1) is 16.2. The minimum absolute atomic E-state index is 0.0124. The van der Waals surface area contributed by atoms with Gasteiger partial charge in [-0.2, -0.15) is 0 Å². The Kier molecular flexibility index (Phi) is 4.34. The molecule has 1 atom stereocenters. The van der Waals surface area contributed by atoms with Crippen LogP contribution in [-0.2, 0) is 9.59 Å². The van der Waals surface area contributed by atoms with Gasteiger partial charge in [0.15, 0.2) is 0 Å². The summed E-state index contributed by atoms with van der Waals surface area (Å²) in [4.78, 5) is 30.8. The number of benzene rings is 1. The number of carbonyl (C=O) groups is 2. The number of anilines is 2. The van der Waals surface area contributed by atoms with Crippen LogP contribution in [0.1, 0.15) is 23.1 Å². The summed E-state index contributed by atoms with van der Waals surface area (Å²) in [6.07, 6.45) is 1.87. The molecule has 1 aliphatic heterocycles. The average molecular weight is 323 g/mol. The fourth-order valence-corrected chi connectivity index (χ4v) is 2.98. The Morgan fingerprint density at radius 1 is 1.17 bits per heavy atom. The van der Waals surface area contributed by atoms with Gasteiger partial charge in [-0.1, -0.05) is 18.2 Å². The van der Waals surface area contributed by atoms with E-state index in [-0.39, 0.29) is 24.2 Å². The van der Waals surface area contributed by atoms with E-state index >= 15 is 0 Å². The molecule has 1 aromatic carbocycles. The van der Waals surface area contributed by atoms with Crippen molar-refractivity contribution in [3.63, 3.8) is 0 Å². The summed E-state index contributed by atoms with van der Waals surface area (Å²) in [5, 5.41) is 2.84. The number of carbonyl (C=O) groups excluding carboxylic acids is 2. The topological polar surface area (TPSA) is 62.3 Å². The predicted octanol–water partition coefficient (Wildman–Crippen LogP) is 3.00. The molecule has 0 saturated carbocycles. The Balaban J connectivity index is 1.76. The fraction of sp³-hybridized carbons (Fsp3) is 0.316. The van der Waals surface area contributed by atoms with Crippen LogP contribution in [0.4, 0.5) is 11.5 Å². The Bertz CT molecular complexity index is 801. The third-order valence-corrected chi connectivity index (χ3v) is 4.61. The molecule has 124 valence electrons. The number of aromatic nitrogens is 1. The van der Waals surface area contributed by atoms with Gasteiger partial charge in [-0.05, 0) is 49.6 Å². The minimum Gasteiger partial charge on any atom is -0.311 e. The number of pyridine rings is 1. The average Bonchev–Trinajstić information content (AvgIpc) is 2.94.